The van der Waals surface area contributed by atoms with E-state index in [1.165, 1.54) is 22.0 Å². The monoisotopic (exact) mass is 431 g/mol. The molecule has 0 heterocycles. The quantitative estimate of drug-likeness (QED) is 0.424. The van der Waals surface area contributed by atoms with Crippen molar-refractivity contribution in [2.75, 3.05) is 18.6 Å². The maximum atomic E-state index is 3.93. The van der Waals surface area contributed by atoms with Crippen LogP contribution in [0.25, 0.3) is 0 Å². The molecule has 0 fully saturated rings. The molecule has 0 bridgehead atoms. The molecule has 1 nitrogen and oxygen atoms in total. The van der Waals surface area contributed by atoms with Gasteiger partial charge in [-0.2, -0.15) is 0 Å². The summed E-state index contributed by atoms with van der Waals surface area (Å²) in [6.45, 7) is 24.3. The second-order valence-electron chi connectivity index (χ2n) is 9.83. The predicted molar refractivity (Wildman–Crippen MR) is 142 cm³/mol. The third kappa shape index (κ3) is 4.57. The Labute approximate surface area is 181 Å². The Morgan fingerprint density at radius 2 is 0.793 bits per heavy atom. The van der Waals surface area contributed by atoms with E-state index >= 15 is 0 Å². The molecule has 2 rings (SSSR count). The summed E-state index contributed by atoms with van der Waals surface area (Å²) in [5, 5.41) is 7.00. The third-order valence-corrected chi connectivity index (χ3v) is 18.8. The largest absolute Gasteiger partial charge is 0.349 e. The van der Waals surface area contributed by atoms with E-state index in [2.05, 4.69) is 123 Å². The first-order valence-corrected chi connectivity index (χ1v) is 15.9. The Morgan fingerprint density at radius 3 is 1.07 bits per heavy atom. The molecule has 0 amide bonds. The summed E-state index contributed by atoms with van der Waals surface area (Å²) in [6.07, 6.45) is 0. The summed E-state index contributed by atoms with van der Waals surface area (Å²) in [4.78, 5) is 0. The van der Waals surface area contributed by atoms with Gasteiger partial charge >= 0.3 is 0 Å². The Bertz CT molecular complexity index is 724. The van der Waals surface area contributed by atoms with Crippen LogP contribution in [0.1, 0.15) is 55.4 Å². The second kappa shape index (κ2) is 9.49. The number of anilines is 2. The molecule has 0 saturated carbocycles. The molecule has 0 saturated heterocycles. The number of hydrogen-bond acceptors (Lipinski definition) is 1. The highest BCUT2D eigenvalue weighted by atomic mass is 31.2. The lowest BCUT2D eigenvalue weighted by Crippen LogP contribution is -2.29. The van der Waals surface area contributed by atoms with Crippen molar-refractivity contribution < 1.29 is 0 Å². The van der Waals surface area contributed by atoms with Crippen molar-refractivity contribution in [2.45, 2.75) is 78.0 Å². The van der Waals surface area contributed by atoms with E-state index < -0.39 is 14.5 Å². The van der Waals surface area contributed by atoms with E-state index in [-0.39, 0.29) is 0 Å². The highest BCUT2D eigenvalue weighted by molar-refractivity contribution is 7.84. The molecule has 0 aliphatic carbocycles. The van der Waals surface area contributed by atoms with Gasteiger partial charge < -0.3 is 5.32 Å². The standard InChI is InChI=1S/C26H43NP2/c1-19(2)28(9,20(3)4)25-17-13-11-15-23(25)27-24-16-12-14-18-26(24)29(10,21(5)6)22(7)8/h11-22,27H,1-10H3/q+2. The lowest BCUT2D eigenvalue weighted by atomic mass is 10.2. The number of para-hydroxylation sites is 2. The van der Waals surface area contributed by atoms with Crippen molar-refractivity contribution in [1.82, 2.24) is 0 Å². The van der Waals surface area contributed by atoms with E-state index in [0.29, 0.717) is 22.6 Å². The van der Waals surface area contributed by atoms with Crippen LogP contribution in [0.15, 0.2) is 48.5 Å². The van der Waals surface area contributed by atoms with E-state index in [0.717, 1.165) is 0 Å². The molecule has 29 heavy (non-hydrogen) atoms. The Morgan fingerprint density at radius 1 is 0.517 bits per heavy atom. The van der Waals surface area contributed by atoms with Crippen LogP contribution in [-0.2, 0) is 0 Å². The molecule has 2 aromatic carbocycles. The van der Waals surface area contributed by atoms with Crippen LogP contribution in [0.5, 0.6) is 0 Å². The number of rotatable bonds is 8. The summed E-state index contributed by atoms with van der Waals surface area (Å²) in [5.41, 5.74) is 5.29. The molecule has 0 unspecified atom stereocenters. The fourth-order valence-corrected chi connectivity index (χ4v) is 11.2. The molecule has 0 atom stereocenters. The first-order chi connectivity index (χ1) is 13.5. The van der Waals surface area contributed by atoms with Gasteiger partial charge in [-0.25, -0.2) is 0 Å². The van der Waals surface area contributed by atoms with Gasteiger partial charge in [-0.1, -0.05) is 24.3 Å². The Kier molecular flexibility index (Phi) is 7.98. The fourth-order valence-electron chi connectivity index (χ4n) is 4.45. The minimum absolute atomic E-state index is 0.671. The van der Waals surface area contributed by atoms with Gasteiger partial charge in [0.25, 0.3) is 0 Å². The van der Waals surface area contributed by atoms with Gasteiger partial charge in [-0.15, -0.1) is 0 Å². The van der Waals surface area contributed by atoms with Crippen molar-refractivity contribution in [1.29, 1.82) is 0 Å². The SMILES string of the molecule is CC(C)[P+](C)(c1ccccc1Nc1ccccc1[P+](C)(C(C)C)C(C)C)C(C)C. The Hall–Kier alpha value is -0.900. The van der Waals surface area contributed by atoms with Gasteiger partial charge in [0.1, 0.15) is 10.6 Å². The van der Waals surface area contributed by atoms with Crippen LogP contribution in [0.2, 0.25) is 0 Å². The maximum Gasteiger partial charge on any atom is 0.117 e. The maximum absolute atomic E-state index is 3.93. The van der Waals surface area contributed by atoms with Crippen LogP contribution >= 0.6 is 14.5 Å². The molecule has 0 aliphatic heterocycles. The van der Waals surface area contributed by atoms with Gasteiger partial charge in [0.05, 0.1) is 61.9 Å². The van der Waals surface area contributed by atoms with Gasteiger partial charge in [0, 0.05) is 0 Å². The summed E-state index contributed by atoms with van der Waals surface area (Å²) in [7, 11) is -2.58. The first kappa shape index (κ1) is 24.4. The van der Waals surface area contributed by atoms with Crippen molar-refractivity contribution in [3.63, 3.8) is 0 Å². The lowest BCUT2D eigenvalue weighted by molar-refractivity contribution is 0.998. The molecule has 3 heteroatoms. The smallest absolute Gasteiger partial charge is 0.117 e. The highest BCUT2D eigenvalue weighted by Gasteiger charge is 2.45. The average Bonchev–Trinajstić information content (AvgIpc) is 2.66. The summed E-state index contributed by atoms with van der Waals surface area (Å²) >= 11 is 0. The normalized spacial score (nSPS) is 13.0. The van der Waals surface area contributed by atoms with Crippen LogP contribution in [0.3, 0.4) is 0 Å². The van der Waals surface area contributed by atoms with Crippen molar-refractivity contribution >= 4 is 36.5 Å². The predicted octanol–water partition coefficient (Wildman–Crippen LogP) is 7.61. The molecule has 0 spiro atoms. The summed E-state index contributed by atoms with van der Waals surface area (Å²) in [6, 6.07) is 18.1. The van der Waals surface area contributed by atoms with Crippen molar-refractivity contribution in [3.8, 4) is 0 Å². The first-order valence-electron chi connectivity index (χ1n) is 11.1. The van der Waals surface area contributed by atoms with Crippen LogP contribution in [0.4, 0.5) is 11.4 Å². The Balaban J connectivity index is 2.62. The molecule has 160 valence electrons. The number of benzene rings is 2. The molecule has 1 N–H and O–H groups in total. The van der Waals surface area contributed by atoms with Gasteiger partial charge in [0.15, 0.2) is 0 Å². The summed E-state index contributed by atoms with van der Waals surface area (Å²) in [5.74, 6) is 0. The van der Waals surface area contributed by atoms with E-state index in [1.807, 2.05) is 0 Å². The summed E-state index contributed by atoms with van der Waals surface area (Å²) < 4.78 is 0. The van der Waals surface area contributed by atoms with Crippen LogP contribution in [0, 0.1) is 0 Å². The minimum atomic E-state index is -1.29. The molecular weight excluding hydrogens is 388 g/mol. The highest BCUT2D eigenvalue weighted by Crippen LogP contribution is 2.65. The molecule has 0 aromatic heterocycles. The number of hydrogen-bond donors (Lipinski definition) is 1. The van der Waals surface area contributed by atoms with E-state index in [1.54, 1.807) is 0 Å². The molecule has 0 radical (unpaired) electrons. The second-order valence-corrected chi connectivity index (χ2v) is 19.5. The molecule has 2 aromatic rings. The van der Waals surface area contributed by atoms with E-state index in [9.17, 15) is 0 Å². The van der Waals surface area contributed by atoms with E-state index in [4.69, 9.17) is 0 Å². The lowest BCUT2D eigenvalue weighted by Gasteiger charge is -2.34. The van der Waals surface area contributed by atoms with Crippen LogP contribution < -0.4 is 15.9 Å². The van der Waals surface area contributed by atoms with Crippen molar-refractivity contribution in [3.05, 3.63) is 48.5 Å². The zero-order valence-electron chi connectivity index (χ0n) is 20.3. The van der Waals surface area contributed by atoms with Crippen LogP contribution in [-0.4, -0.2) is 36.0 Å². The third-order valence-electron chi connectivity index (χ3n) is 7.41. The van der Waals surface area contributed by atoms with Gasteiger partial charge in [-0.3, -0.25) is 0 Å². The molecular formula is C26H43NP2+2. The minimum Gasteiger partial charge on any atom is -0.349 e. The zero-order chi connectivity index (χ0) is 22.0. The van der Waals surface area contributed by atoms with Gasteiger partial charge in [0.2, 0.25) is 0 Å². The molecule has 0 aliphatic rings. The van der Waals surface area contributed by atoms with Crippen molar-refractivity contribution in [2.24, 2.45) is 0 Å². The average molecular weight is 432 g/mol. The number of nitrogens with one attached hydrogen (secondary N) is 1. The van der Waals surface area contributed by atoms with Gasteiger partial charge in [-0.05, 0) is 79.7 Å². The fraction of sp³-hybridized carbons (Fsp3) is 0.538. The zero-order valence-corrected chi connectivity index (χ0v) is 22.1. The topological polar surface area (TPSA) is 12.0 Å².